The lowest BCUT2D eigenvalue weighted by Gasteiger charge is -2.41. The second-order valence-corrected chi connectivity index (χ2v) is 5.75. The molecule has 3 nitrogen and oxygen atoms in total. The normalized spacial score (nSPS) is 19.3. The Hall–Kier alpha value is -1.09. The summed E-state index contributed by atoms with van der Waals surface area (Å²) in [5, 5.41) is 3.11. The Labute approximate surface area is 117 Å². The molecule has 1 fully saturated rings. The van der Waals surface area contributed by atoms with E-state index in [-0.39, 0.29) is 0 Å². The lowest BCUT2D eigenvalue weighted by Crippen LogP contribution is -2.39. The van der Waals surface area contributed by atoms with Gasteiger partial charge in [-0.05, 0) is 43.5 Å². The van der Waals surface area contributed by atoms with Gasteiger partial charge in [0.15, 0.2) is 0 Å². The maximum absolute atomic E-state index is 4.61. The molecule has 0 amide bonds. The molecule has 1 aliphatic rings. The van der Waals surface area contributed by atoms with Crippen LogP contribution in [0.15, 0.2) is 18.2 Å². The molecular weight excluding hydrogens is 234 g/mol. The van der Waals surface area contributed by atoms with Gasteiger partial charge in [0.2, 0.25) is 0 Å². The Bertz CT molecular complexity index is 389. The Morgan fingerprint density at radius 1 is 1.21 bits per heavy atom. The molecule has 0 aliphatic carbocycles. The molecule has 1 N–H and O–H groups in total. The first-order chi connectivity index (χ1) is 9.21. The molecule has 0 unspecified atom stereocenters. The summed E-state index contributed by atoms with van der Waals surface area (Å²) in [7, 11) is 1.92. The highest BCUT2D eigenvalue weighted by Gasteiger charge is 2.31. The number of nitrogens with one attached hydrogen (secondary N) is 1. The van der Waals surface area contributed by atoms with Crippen LogP contribution in [0.4, 0.5) is 5.82 Å². The third-order valence-corrected chi connectivity index (χ3v) is 4.87. The summed E-state index contributed by atoms with van der Waals surface area (Å²) in [6.07, 6.45) is 5.33. The SMILES string of the molecule is CCC1(CC)CCN(Cc2cccc(NC)n2)CC1. The van der Waals surface area contributed by atoms with Crippen LogP contribution in [0.1, 0.15) is 45.2 Å². The van der Waals surface area contributed by atoms with Crippen LogP contribution in [0, 0.1) is 5.41 Å². The molecule has 0 aromatic carbocycles. The fraction of sp³-hybridized carbons (Fsp3) is 0.688. The van der Waals surface area contributed by atoms with Crippen molar-refractivity contribution in [1.29, 1.82) is 0 Å². The van der Waals surface area contributed by atoms with Gasteiger partial charge in [-0.3, -0.25) is 4.90 Å². The molecule has 2 heterocycles. The summed E-state index contributed by atoms with van der Waals surface area (Å²) < 4.78 is 0. The quantitative estimate of drug-likeness (QED) is 0.879. The van der Waals surface area contributed by atoms with Crippen molar-refractivity contribution >= 4 is 5.82 Å². The lowest BCUT2D eigenvalue weighted by atomic mass is 9.74. The van der Waals surface area contributed by atoms with Crippen molar-refractivity contribution in [1.82, 2.24) is 9.88 Å². The summed E-state index contributed by atoms with van der Waals surface area (Å²) in [4.78, 5) is 7.16. The first-order valence-electron chi connectivity index (χ1n) is 7.57. The van der Waals surface area contributed by atoms with Crippen molar-refractivity contribution < 1.29 is 0 Å². The third kappa shape index (κ3) is 3.47. The molecular formula is C16H27N3. The number of hydrogen-bond donors (Lipinski definition) is 1. The highest BCUT2D eigenvalue weighted by molar-refractivity contribution is 5.34. The molecule has 0 radical (unpaired) electrons. The molecule has 106 valence electrons. The largest absolute Gasteiger partial charge is 0.373 e. The van der Waals surface area contributed by atoms with Gasteiger partial charge in [-0.15, -0.1) is 0 Å². The molecule has 0 saturated carbocycles. The zero-order chi connectivity index (χ0) is 13.7. The predicted molar refractivity (Wildman–Crippen MR) is 81.3 cm³/mol. The van der Waals surface area contributed by atoms with E-state index in [2.05, 4.69) is 41.2 Å². The van der Waals surface area contributed by atoms with Crippen molar-refractivity contribution in [2.24, 2.45) is 5.41 Å². The number of hydrogen-bond acceptors (Lipinski definition) is 3. The van der Waals surface area contributed by atoms with Crippen LogP contribution in [0.2, 0.25) is 0 Å². The van der Waals surface area contributed by atoms with E-state index in [4.69, 9.17) is 0 Å². The topological polar surface area (TPSA) is 28.2 Å². The van der Waals surface area contributed by atoms with Gasteiger partial charge in [0.25, 0.3) is 0 Å². The van der Waals surface area contributed by atoms with Gasteiger partial charge in [0.1, 0.15) is 5.82 Å². The monoisotopic (exact) mass is 261 g/mol. The van der Waals surface area contributed by atoms with Gasteiger partial charge in [-0.2, -0.15) is 0 Å². The molecule has 0 bridgehead atoms. The minimum atomic E-state index is 0.608. The van der Waals surface area contributed by atoms with Crippen LogP contribution in [0.5, 0.6) is 0 Å². The second-order valence-electron chi connectivity index (χ2n) is 5.75. The lowest BCUT2D eigenvalue weighted by molar-refractivity contribution is 0.0901. The summed E-state index contributed by atoms with van der Waals surface area (Å²) in [6, 6.07) is 6.22. The Balaban J connectivity index is 1.91. The van der Waals surface area contributed by atoms with Crippen LogP contribution in [-0.4, -0.2) is 30.0 Å². The predicted octanol–water partition coefficient (Wildman–Crippen LogP) is 3.53. The number of nitrogens with zero attached hydrogens (tertiary/aromatic N) is 2. The highest BCUT2D eigenvalue weighted by Crippen LogP contribution is 2.38. The van der Waals surface area contributed by atoms with Gasteiger partial charge in [-0.1, -0.05) is 32.8 Å². The number of piperidine rings is 1. The minimum Gasteiger partial charge on any atom is -0.373 e. The van der Waals surface area contributed by atoms with Crippen molar-refractivity contribution in [3.63, 3.8) is 0 Å². The average molecular weight is 261 g/mol. The van der Waals surface area contributed by atoms with Crippen molar-refractivity contribution in [2.75, 3.05) is 25.5 Å². The van der Waals surface area contributed by atoms with Gasteiger partial charge in [-0.25, -0.2) is 4.98 Å². The average Bonchev–Trinajstić information content (AvgIpc) is 2.48. The van der Waals surface area contributed by atoms with E-state index in [1.165, 1.54) is 44.5 Å². The summed E-state index contributed by atoms with van der Waals surface area (Å²) in [5.41, 5.74) is 1.78. The van der Waals surface area contributed by atoms with E-state index in [9.17, 15) is 0 Å². The molecule has 1 aliphatic heterocycles. The maximum Gasteiger partial charge on any atom is 0.126 e. The zero-order valence-corrected chi connectivity index (χ0v) is 12.6. The first-order valence-corrected chi connectivity index (χ1v) is 7.57. The smallest absolute Gasteiger partial charge is 0.126 e. The van der Waals surface area contributed by atoms with Crippen molar-refractivity contribution in [3.8, 4) is 0 Å². The number of anilines is 1. The van der Waals surface area contributed by atoms with Crippen molar-refractivity contribution in [2.45, 2.75) is 46.1 Å². The van der Waals surface area contributed by atoms with Crippen molar-refractivity contribution in [3.05, 3.63) is 23.9 Å². The summed E-state index contributed by atoms with van der Waals surface area (Å²) in [5.74, 6) is 0.964. The Kier molecular flexibility index (Phi) is 4.81. The highest BCUT2D eigenvalue weighted by atomic mass is 15.1. The number of likely N-dealkylation sites (tertiary alicyclic amines) is 1. The van der Waals surface area contributed by atoms with Gasteiger partial charge in [0, 0.05) is 13.6 Å². The van der Waals surface area contributed by atoms with Gasteiger partial charge < -0.3 is 5.32 Å². The van der Waals surface area contributed by atoms with Gasteiger partial charge in [0.05, 0.1) is 5.69 Å². The molecule has 1 aromatic rings. The molecule has 2 rings (SSSR count). The van der Waals surface area contributed by atoms with E-state index in [0.717, 1.165) is 12.4 Å². The van der Waals surface area contributed by atoms with Gasteiger partial charge >= 0.3 is 0 Å². The van der Waals surface area contributed by atoms with Crippen LogP contribution in [0.25, 0.3) is 0 Å². The minimum absolute atomic E-state index is 0.608. The van der Waals surface area contributed by atoms with Crippen LogP contribution >= 0.6 is 0 Å². The maximum atomic E-state index is 4.61. The second kappa shape index (κ2) is 6.38. The molecule has 0 atom stereocenters. The summed E-state index contributed by atoms with van der Waals surface area (Å²) >= 11 is 0. The molecule has 1 saturated heterocycles. The Morgan fingerprint density at radius 2 is 1.89 bits per heavy atom. The third-order valence-electron chi connectivity index (χ3n) is 4.87. The Morgan fingerprint density at radius 3 is 2.47 bits per heavy atom. The molecule has 19 heavy (non-hydrogen) atoms. The zero-order valence-electron chi connectivity index (χ0n) is 12.6. The van der Waals surface area contributed by atoms with Crippen LogP contribution in [0.3, 0.4) is 0 Å². The van der Waals surface area contributed by atoms with E-state index < -0.39 is 0 Å². The number of aromatic nitrogens is 1. The van der Waals surface area contributed by atoms with E-state index in [1.54, 1.807) is 0 Å². The molecule has 3 heteroatoms. The number of rotatable bonds is 5. The van der Waals surface area contributed by atoms with E-state index >= 15 is 0 Å². The van der Waals surface area contributed by atoms with Crippen LogP contribution in [-0.2, 0) is 6.54 Å². The fourth-order valence-electron chi connectivity index (χ4n) is 3.08. The fourth-order valence-corrected chi connectivity index (χ4v) is 3.08. The first kappa shape index (κ1) is 14.3. The number of pyridine rings is 1. The van der Waals surface area contributed by atoms with E-state index in [1.807, 2.05) is 13.1 Å². The van der Waals surface area contributed by atoms with E-state index in [0.29, 0.717) is 5.41 Å². The molecule has 1 aromatic heterocycles. The standard InChI is InChI=1S/C16H27N3/c1-4-16(5-2)9-11-19(12-10-16)13-14-7-6-8-15(17-3)18-14/h6-8H,4-5,9-13H2,1-3H3,(H,17,18). The van der Waals surface area contributed by atoms with Crippen LogP contribution < -0.4 is 5.32 Å². The summed E-state index contributed by atoms with van der Waals surface area (Å²) in [6.45, 7) is 8.10. The molecule has 0 spiro atoms.